The topological polar surface area (TPSA) is 12.0 Å². The van der Waals surface area contributed by atoms with Crippen LogP contribution < -0.4 is 5.32 Å². The van der Waals surface area contributed by atoms with Crippen LogP contribution in [0.2, 0.25) is 0 Å². The van der Waals surface area contributed by atoms with E-state index >= 15 is 0 Å². The van der Waals surface area contributed by atoms with Crippen LogP contribution in [0.15, 0.2) is 36.4 Å². The molecule has 1 heterocycles. The van der Waals surface area contributed by atoms with E-state index in [9.17, 15) is 0 Å². The van der Waals surface area contributed by atoms with Gasteiger partial charge < -0.3 is 5.32 Å². The predicted octanol–water partition coefficient (Wildman–Crippen LogP) is 4.96. The minimum Gasteiger partial charge on any atom is -0.306 e. The fourth-order valence-electron chi connectivity index (χ4n) is 2.40. The molecule has 0 aliphatic rings. The maximum atomic E-state index is 3.70. The Hall–Kier alpha value is -1.12. The van der Waals surface area contributed by atoms with Crippen molar-refractivity contribution in [3.8, 4) is 0 Å². The maximum Gasteiger partial charge on any atom is 0.0671 e. The molecule has 0 fully saturated rings. The first kappa shape index (κ1) is 15.3. The number of thiophene rings is 1. The molecule has 0 radical (unpaired) electrons. The summed E-state index contributed by atoms with van der Waals surface area (Å²) < 4.78 is 0. The highest BCUT2D eigenvalue weighted by Gasteiger charge is 2.15. The fraction of sp³-hybridized carbons (Fsp3) is 0.444. The van der Waals surface area contributed by atoms with Gasteiger partial charge in [0, 0.05) is 9.75 Å². The van der Waals surface area contributed by atoms with Gasteiger partial charge in [-0.05, 0) is 49.1 Å². The van der Waals surface area contributed by atoms with Crippen LogP contribution >= 0.6 is 11.3 Å². The molecule has 1 nitrogen and oxygen atoms in total. The van der Waals surface area contributed by atoms with Gasteiger partial charge in [0.25, 0.3) is 0 Å². The van der Waals surface area contributed by atoms with Gasteiger partial charge in [-0.2, -0.15) is 0 Å². The predicted molar refractivity (Wildman–Crippen MR) is 89.7 cm³/mol. The lowest BCUT2D eigenvalue weighted by molar-refractivity contribution is 0.605. The SMILES string of the molecule is CCCNC(c1cccc(CC)c1)c1ccc(CC)s1. The van der Waals surface area contributed by atoms with Crippen LogP contribution in [0.25, 0.3) is 0 Å². The molecule has 0 spiro atoms. The standard InChI is InChI=1S/C18H25NS/c1-4-12-19-18(17-11-10-16(6-3)20-17)15-9-7-8-14(5-2)13-15/h7-11,13,18-19H,4-6,12H2,1-3H3. The van der Waals surface area contributed by atoms with E-state index in [1.165, 1.54) is 20.9 Å². The molecule has 1 atom stereocenters. The van der Waals surface area contributed by atoms with E-state index in [-0.39, 0.29) is 0 Å². The average molecular weight is 287 g/mol. The van der Waals surface area contributed by atoms with Gasteiger partial charge in [0.1, 0.15) is 0 Å². The van der Waals surface area contributed by atoms with Crippen molar-refractivity contribution in [2.24, 2.45) is 0 Å². The minimum atomic E-state index is 0.340. The first-order chi connectivity index (χ1) is 9.78. The molecule has 0 bridgehead atoms. The molecular formula is C18H25NS. The van der Waals surface area contributed by atoms with Gasteiger partial charge in [-0.1, -0.05) is 45.0 Å². The molecule has 1 unspecified atom stereocenters. The summed E-state index contributed by atoms with van der Waals surface area (Å²) in [7, 11) is 0. The molecular weight excluding hydrogens is 262 g/mol. The summed E-state index contributed by atoms with van der Waals surface area (Å²) in [6, 6.07) is 13.9. The summed E-state index contributed by atoms with van der Waals surface area (Å²) >= 11 is 1.94. The largest absolute Gasteiger partial charge is 0.306 e. The molecule has 108 valence electrons. The molecule has 1 aromatic heterocycles. The smallest absolute Gasteiger partial charge is 0.0671 e. The monoisotopic (exact) mass is 287 g/mol. The molecule has 20 heavy (non-hydrogen) atoms. The van der Waals surface area contributed by atoms with Gasteiger partial charge >= 0.3 is 0 Å². The summed E-state index contributed by atoms with van der Waals surface area (Å²) in [5.74, 6) is 0. The normalized spacial score (nSPS) is 12.6. The first-order valence-electron chi connectivity index (χ1n) is 7.69. The summed E-state index contributed by atoms with van der Waals surface area (Å²) in [4.78, 5) is 2.90. The number of hydrogen-bond donors (Lipinski definition) is 1. The zero-order valence-electron chi connectivity index (χ0n) is 12.8. The molecule has 0 amide bonds. The van der Waals surface area contributed by atoms with Gasteiger partial charge in [-0.3, -0.25) is 0 Å². The van der Waals surface area contributed by atoms with E-state index in [0.717, 1.165) is 25.8 Å². The fourth-order valence-corrected chi connectivity index (χ4v) is 3.46. The van der Waals surface area contributed by atoms with E-state index in [4.69, 9.17) is 0 Å². The third-order valence-electron chi connectivity index (χ3n) is 3.61. The molecule has 0 aliphatic heterocycles. The van der Waals surface area contributed by atoms with E-state index in [0.29, 0.717) is 6.04 Å². The Kier molecular flexibility index (Phi) is 5.81. The second-order valence-electron chi connectivity index (χ2n) is 5.14. The Morgan fingerprint density at radius 3 is 2.55 bits per heavy atom. The summed E-state index contributed by atoms with van der Waals surface area (Å²) in [6.45, 7) is 7.72. The Balaban J connectivity index is 2.30. The molecule has 0 saturated carbocycles. The van der Waals surface area contributed by atoms with Crippen molar-refractivity contribution in [1.82, 2.24) is 5.32 Å². The highest BCUT2D eigenvalue weighted by molar-refractivity contribution is 7.12. The van der Waals surface area contributed by atoms with E-state index < -0.39 is 0 Å². The zero-order valence-corrected chi connectivity index (χ0v) is 13.6. The van der Waals surface area contributed by atoms with Gasteiger partial charge in [-0.15, -0.1) is 11.3 Å². The van der Waals surface area contributed by atoms with Crippen molar-refractivity contribution >= 4 is 11.3 Å². The summed E-state index contributed by atoms with van der Waals surface area (Å²) in [5.41, 5.74) is 2.81. The van der Waals surface area contributed by atoms with Crippen LogP contribution in [0.5, 0.6) is 0 Å². The lowest BCUT2D eigenvalue weighted by atomic mass is 10.0. The number of benzene rings is 1. The third-order valence-corrected chi connectivity index (χ3v) is 4.90. The van der Waals surface area contributed by atoms with Crippen LogP contribution in [0.3, 0.4) is 0 Å². The first-order valence-corrected chi connectivity index (χ1v) is 8.50. The Labute approximate surface area is 127 Å². The van der Waals surface area contributed by atoms with Crippen LogP contribution in [-0.2, 0) is 12.8 Å². The molecule has 0 saturated heterocycles. The van der Waals surface area contributed by atoms with Crippen LogP contribution in [-0.4, -0.2) is 6.54 Å². The van der Waals surface area contributed by atoms with Crippen LogP contribution in [0, 0.1) is 0 Å². The van der Waals surface area contributed by atoms with Gasteiger partial charge in [0.05, 0.1) is 6.04 Å². The van der Waals surface area contributed by atoms with Crippen molar-refractivity contribution in [1.29, 1.82) is 0 Å². The van der Waals surface area contributed by atoms with E-state index in [2.05, 4.69) is 62.5 Å². The second kappa shape index (κ2) is 7.61. The van der Waals surface area contributed by atoms with E-state index in [1.54, 1.807) is 0 Å². The number of nitrogens with one attached hydrogen (secondary N) is 1. The highest BCUT2D eigenvalue weighted by Crippen LogP contribution is 2.29. The summed E-state index contributed by atoms with van der Waals surface area (Å²) in [5, 5.41) is 3.70. The quantitative estimate of drug-likeness (QED) is 0.758. The lowest BCUT2D eigenvalue weighted by Gasteiger charge is -2.18. The molecule has 2 rings (SSSR count). The third kappa shape index (κ3) is 3.71. The van der Waals surface area contributed by atoms with Gasteiger partial charge in [-0.25, -0.2) is 0 Å². The maximum absolute atomic E-state index is 3.70. The molecule has 0 aliphatic carbocycles. The minimum absolute atomic E-state index is 0.340. The Morgan fingerprint density at radius 1 is 1.05 bits per heavy atom. The van der Waals surface area contributed by atoms with Crippen molar-refractivity contribution in [2.45, 2.75) is 46.1 Å². The second-order valence-corrected chi connectivity index (χ2v) is 6.34. The average Bonchev–Trinajstić information content (AvgIpc) is 2.97. The van der Waals surface area contributed by atoms with Crippen molar-refractivity contribution in [2.75, 3.05) is 6.54 Å². The molecule has 1 N–H and O–H groups in total. The highest BCUT2D eigenvalue weighted by atomic mass is 32.1. The van der Waals surface area contributed by atoms with E-state index in [1.807, 2.05) is 11.3 Å². The number of rotatable bonds is 7. The van der Waals surface area contributed by atoms with Crippen molar-refractivity contribution < 1.29 is 0 Å². The number of hydrogen-bond acceptors (Lipinski definition) is 2. The Bertz CT molecular complexity index is 530. The van der Waals surface area contributed by atoms with Crippen molar-refractivity contribution in [3.05, 3.63) is 57.3 Å². The summed E-state index contributed by atoms with van der Waals surface area (Å²) in [6.07, 6.45) is 3.38. The lowest BCUT2D eigenvalue weighted by Crippen LogP contribution is -2.22. The molecule has 2 heteroatoms. The zero-order chi connectivity index (χ0) is 14.4. The van der Waals surface area contributed by atoms with Crippen LogP contribution in [0.1, 0.15) is 54.1 Å². The number of aryl methyl sites for hydroxylation is 2. The Morgan fingerprint density at radius 2 is 1.90 bits per heavy atom. The van der Waals surface area contributed by atoms with Crippen molar-refractivity contribution in [3.63, 3.8) is 0 Å². The molecule has 2 aromatic rings. The van der Waals surface area contributed by atoms with Gasteiger partial charge in [0.2, 0.25) is 0 Å². The molecule has 1 aromatic carbocycles. The van der Waals surface area contributed by atoms with Crippen LogP contribution in [0.4, 0.5) is 0 Å². The van der Waals surface area contributed by atoms with Gasteiger partial charge in [0.15, 0.2) is 0 Å².